The van der Waals surface area contributed by atoms with Crippen LogP contribution in [-0.4, -0.2) is 10.4 Å². The first-order valence-electron chi connectivity index (χ1n) is 5.48. The smallest absolute Gasteiger partial charge is 0.253 e. The normalized spacial score (nSPS) is 10.1. The van der Waals surface area contributed by atoms with Crippen molar-refractivity contribution in [1.82, 2.24) is 4.57 Å². The van der Waals surface area contributed by atoms with Crippen LogP contribution in [0.1, 0.15) is 16.2 Å². The van der Waals surface area contributed by atoms with E-state index < -0.39 is 11.6 Å². The van der Waals surface area contributed by atoms with E-state index in [0.29, 0.717) is 0 Å². The molecule has 0 spiro atoms. The summed E-state index contributed by atoms with van der Waals surface area (Å²) in [6, 6.07) is 3.18. The summed E-state index contributed by atoms with van der Waals surface area (Å²) in [5.41, 5.74) is 0.171. The molecule has 0 radical (unpaired) electrons. The summed E-state index contributed by atoms with van der Waals surface area (Å²) in [5, 5.41) is 0. The van der Waals surface area contributed by atoms with Gasteiger partial charge >= 0.3 is 0 Å². The molecule has 0 saturated carbocycles. The Balaban J connectivity index is 0.00000180. The summed E-state index contributed by atoms with van der Waals surface area (Å²) in [6.07, 6.45) is 3.60. The largest absolute Gasteiger partial charge is 1.00 e. The second-order valence-corrected chi connectivity index (χ2v) is 4.14. The highest BCUT2D eigenvalue weighted by Crippen LogP contribution is 2.10. The van der Waals surface area contributed by atoms with Gasteiger partial charge in [0.25, 0.3) is 5.82 Å². The molecule has 2 aromatic rings. The summed E-state index contributed by atoms with van der Waals surface area (Å²) in [5.74, 6) is -1.30. The standard InChI is InChI=1S/C13H13F2N2O.BrH/c1-9-16(2)5-6-17(9)8-13(18)10-3-4-11(14)12(15)7-10;/h3-7H,8H2,1-2H3;1H/q+1;/p-1. The molecular formula is C13H13BrF2N2O. The topological polar surface area (TPSA) is 25.9 Å². The van der Waals surface area contributed by atoms with Crippen LogP contribution in [0.4, 0.5) is 8.78 Å². The SMILES string of the molecule is Cc1n(CC(=O)c2ccc(F)c(F)c2)cc[n+]1C.[Br-]. The van der Waals surface area contributed by atoms with E-state index in [-0.39, 0.29) is 34.9 Å². The van der Waals surface area contributed by atoms with E-state index in [1.807, 2.05) is 24.7 Å². The second-order valence-electron chi connectivity index (χ2n) is 4.14. The minimum atomic E-state index is -1.00. The van der Waals surface area contributed by atoms with Crippen molar-refractivity contribution >= 4 is 5.78 Å². The van der Waals surface area contributed by atoms with Crippen molar-refractivity contribution in [3.8, 4) is 0 Å². The lowest BCUT2D eigenvalue weighted by Gasteiger charge is -2.01. The average Bonchev–Trinajstić information content (AvgIpc) is 2.64. The van der Waals surface area contributed by atoms with Crippen molar-refractivity contribution in [2.45, 2.75) is 13.5 Å². The molecule has 102 valence electrons. The molecule has 0 amide bonds. The van der Waals surface area contributed by atoms with Crippen LogP contribution in [0.3, 0.4) is 0 Å². The fourth-order valence-corrected chi connectivity index (χ4v) is 1.68. The third kappa shape index (κ3) is 3.26. The number of aromatic nitrogens is 2. The molecule has 2 rings (SSSR count). The van der Waals surface area contributed by atoms with Gasteiger partial charge in [0.15, 0.2) is 18.2 Å². The number of benzene rings is 1. The zero-order chi connectivity index (χ0) is 13.3. The number of Topliss-reactive ketones (excluding diaryl/α,β-unsaturated/α-hetero) is 1. The van der Waals surface area contributed by atoms with Crippen LogP contribution in [0.15, 0.2) is 30.6 Å². The molecule has 0 bridgehead atoms. The van der Waals surface area contributed by atoms with Gasteiger partial charge in [-0.15, -0.1) is 0 Å². The highest BCUT2D eigenvalue weighted by molar-refractivity contribution is 5.95. The van der Waals surface area contributed by atoms with Gasteiger partial charge < -0.3 is 17.0 Å². The molecule has 0 saturated heterocycles. The third-order valence-electron chi connectivity index (χ3n) is 2.95. The zero-order valence-corrected chi connectivity index (χ0v) is 12.1. The quantitative estimate of drug-likeness (QED) is 0.512. The number of hydrogen-bond donors (Lipinski definition) is 0. The van der Waals surface area contributed by atoms with Crippen molar-refractivity contribution in [3.05, 3.63) is 53.6 Å². The van der Waals surface area contributed by atoms with Crippen molar-refractivity contribution in [2.75, 3.05) is 0 Å². The molecule has 19 heavy (non-hydrogen) atoms. The molecule has 0 aliphatic carbocycles. The Morgan fingerprint density at radius 2 is 2.00 bits per heavy atom. The van der Waals surface area contributed by atoms with Crippen LogP contribution in [0, 0.1) is 18.6 Å². The molecule has 0 N–H and O–H groups in total. The molecule has 0 aliphatic rings. The number of aryl methyl sites for hydroxylation is 1. The monoisotopic (exact) mass is 330 g/mol. The first kappa shape index (κ1) is 15.5. The minimum Gasteiger partial charge on any atom is -1.00 e. The Morgan fingerprint density at radius 1 is 1.32 bits per heavy atom. The molecule has 0 atom stereocenters. The molecule has 1 aromatic heterocycles. The molecule has 3 nitrogen and oxygen atoms in total. The highest BCUT2D eigenvalue weighted by Gasteiger charge is 2.16. The Bertz CT molecular complexity index is 611. The summed E-state index contributed by atoms with van der Waals surface area (Å²) in [4.78, 5) is 11.9. The minimum absolute atomic E-state index is 0. The number of ketones is 1. The summed E-state index contributed by atoms with van der Waals surface area (Å²) in [6.45, 7) is 1.98. The highest BCUT2D eigenvalue weighted by atomic mass is 79.9. The summed E-state index contributed by atoms with van der Waals surface area (Å²) in [7, 11) is 1.87. The van der Waals surface area contributed by atoms with E-state index in [9.17, 15) is 13.6 Å². The lowest BCUT2D eigenvalue weighted by atomic mass is 10.1. The number of imidazole rings is 1. The maximum absolute atomic E-state index is 13.0. The first-order chi connectivity index (χ1) is 8.49. The average molecular weight is 331 g/mol. The Labute approximate surface area is 120 Å². The van der Waals surface area contributed by atoms with Crippen LogP contribution in [0.2, 0.25) is 0 Å². The van der Waals surface area contributed by atoms with E-state index >= 15 is 0 Å². The lowest BCUT2D eigenvalue weighted by Crippen LogP contribution is -3.00. The Kier molecular flexibility index (Phi) is 4.94. The summed E-state index contributed by atoms with van der Waals surface area (Å²) < 4.78 is 29.4. The molecule has 1 heterocycles. The van der Waals surface area contributed by atoms with E-state index in [1.165, 1.54) is 6.07 Å². The van der Waals surface area contributed by atoms with Crippen LogP contribution in [0.25, 0.3) is 0 Å². The molecular weight excluding hydrogens is 318 g/mol. The number of halogens is 3. The predicted molar refractivity (Wildman–Crippen MR) is 61.0 cm³/mol. The zero-order valence-electron chi connectivity index (χ0n) is 10.5. The first-order valence-corrected chi connectivity index (χ1v) is 5.48. The Hall–Kier alpha value is -1.56. The van der Waals surface area contributed by atoms with Crippen LogP contribution in [0.5, 0.6) is 0 Å². The van der Waals surface area contributed by atoms with Crippen LogP contribution < -0.4 is 21.5 Å². The van der Waals surface area contributed by atoms with Gasteiger partial charge in [-0.3, -0.25) is 4.79 Å². The van der Waals surface area contributed by atoms with E-state index in [2.05, 4.69) is 0 Å². The van der Waals surface area contributed by atoms with Gasteiger partial charge in [0, 0.05) is 12.5 Å². The maximum atomic E-state index is 13.0. The van der Waals surface area contributed by atoms with Gasteiger partial charge in [-0.2, -0.15) is 0 Å². The van der Waals surface area contributed by atoms with Gasteiger partial charge in [0.05, 0.1) is 7.05 Å². The molecule has 0 aliphatic heterocycles. The number of hydrogen-bond acceptors (Lipinski definition) is 1. The number of carbonyl (C=O) groups excluding carboxylic acids is 1. The van der Waals surface area contributed by atoms with E-state index in [4.69, 9.17) is 0 Å². The van der Waals surface area contributed by atoms with Crippen LogP contribution >= 0.6 is 0 Å². The summed E-state index contributed by atoms with van der Waals surface area (Å²) >= 11 is 0. The van der Waals surface area contributed by atoms with E-state index in [1.54, 1.807) is 10.8 Å². The van der Waals surface area contributed by atoms with Crippen molar-refractivity contribution in [1.29, 1.82) is 0 Å². The number of nitrogens with zero attached hydrogens (tertiary/aromatic N) is 2. The number of rotatable bonds is 3. The molecule has 6 heteroatoms. The molecule has 0 fully saturated rings. The number of carbonyl (C=O) groups is 1. The second kappa shape index (κ2) is 6.06. The molecule has 1 aromatic carbocycles. The molecule has 0 unspecified atom stereocenters. The van der Waals surface area contributed by atoms with E-state index in [0.717, 1.165) is 18.0 Å². The lowest BCUT2D eigenvalue weighted by molar-refractivity contribution is -0.677. The van der Waals surface area contributed by atoms with Gasteiger partial charge in [0.1, 0.15) is 12.4 Å². The Morgan fingerprint density at radius 3 is 2.53 bits per heavy atom. The van der Waals surface area contributed by atoms with Crippen molar-refractivity contribution in [3.63, 3.8) is 0 Å². The van der Waals surface area contributed by atoms with Gasteiger partial charge in [-0.1, -0.05) is 0 Å². The maximum Gasteiger partial charge on any atom is 0.253 e. The van der Waals surface area contributed by atoms with Gasteiger partial charge in [-0.25, -0.2) is 17.9 Å². The van der Waals surface area contributed by atoms with Gasteiger partial charge in [0.2, 0.25) is 5.78 Å². The fourth-order valence-electron chi connectivity index (χ4n) is 1.68. The van der Waals surface area contributed by atoms with Crippen molar-refractivity contribution in [2.24, 2.45) is 7.05 Å². The van der Waals surface area contributed by atoms with Crippen molar-refractivity contribution < 1.29 is 35.1 Å². The predicted octanol–water partition coefficient (Wildman–Crippen LogP) is -1.21. The van der Waals surface area contributed by atoms with Crippen LogP contribution in [-0.2, 0) is 13.6 Å². The van der Waals surface area contributed by atoms with Gasteiger partial charge in [-0.05, 0) is 18.2 Å². The third-order valence-corrected chi connectivity index (χ3v) is 2.95. The fraction of sp³-hybridized carbons (Fsp3) is 0.231.